The van der Waals surface area contributed by atoms with Crippen molar-refractivity contribution in [2.75, 3.05) is 0 Å². The van der Waals surface area contributed by atoms with Crippen molar-refractivity contribution in [3.63, 3.8) is 0 Å². The van der Waals surface area contributed by atoms with Crippen molar-refractivity contribution in [2.45, 2.75) is 19.8 Å². The molecule has 0 unspecified atom stereocenters. The molecule has 1 heterocycles. The Hall–Kier alpha value is -1.03. The minimum atomic E-state index is -0.250. The number of aromatic amines is 1. The molecule has 0 aromatic carbocycles. The van der Waals surface area contributed by atoms with Crippen LogP contribution in [0.5, 0.6) is 0 Å². The Morgan fingerprint density at radius 3 is 2.62 bits per heavy atom. The van der Waals surface area contributed by atoms with Gasteiger partial charge < -0.3 is 4.79 Å². The number of nitrogens with zero attached hydrogens (tertiary/aromatic N) is 1. The van der Waals surface area contributed by atoms with Crippen LogP contribution in [-0.2, 0) is 18.3 Å². The number of hydrogen-bond acceptors (Lipinski definition) is 2. The van der Waals surface area contributed by atoms with E-state index in [9.17, 15) is 9.59 Å². The molecular weight excluding hydrogens is 192 g/mol. The van der Waals surface area contributed by atoms with E-state index in [1.807, 2.05) is 0 Å². The van der Waals surface area contributed by atoms with Crippen LogP contribution in [0, 0.1) is 0 Å². The highest BCUT2D eigenvalue weighted by molar-refractivity contribution is 6.31. The number of halogens is 1. The van der Waals surface area contributed by atoms with Gasteiger partial charge >= 0.3 is 0 Å². The second kappa shape index (κ2) is 3.79. The monoisotopic (exact) mass is 202 g/mol. The molecule has 5 heteroatoms. The molecule has 1 rings (SSSR count). The van der Waals surface area contributed by atoms with E-state index in [2.05, 4.69) is 5.10 Å². The van der Waals surface area contributed by atoms with E-state index in [0.29, 0.717) is 18.5 Å². The standard InChI is InChI=1S/C8H11ClN2O2/c1-5(12)3-4-6-7(9)8(13)11(2)10-6/h10H,3-4H2,1-2H3. The van der Waals surface area contributed by atoms with E-state index in [1.165, 1.54) is 11.6 Å². The van der Waals surface area contributed by atoms with Gasteiger partial charge in [-0.05, 0) is 13.3 Å². The molecule has 13 heavy (non-hydrogen) atoms. The van der Waals surface area contributed by atoms with Crippen LogP contribution in [0.3, 0.4) is 0 Å². The van der Waals surface area contributed by atoms with Crippen molar-refractivity contribution in [3.8, 4) is 0 Å². The number of ketones is 1. The lowest BCUT2D eigenvalue weighted by atomic mass is 10.2. The van der Waals surface area contributed by atoms with E-state index >= 15 is 0 Å². The lowest BCUT2D eigenvalue weighted by Gasteiger charge is -1.94. The highest BCUT2D eigenvalue weighted by Crippen LogP contribution is 2.09. The van der Waals surface area contributed by atoms with Crippen LogP contribution in [-0.4, -0.2) is 15.6 Å². The first-order valence-corrected chi connectivity index (χ1v) is 4.33. The number of hydrogen-bond donors (Lipinski definition) is 1. The fraction of sp³-hybridized carbons (Fsp3) is 0.500. The molecule has 0 amide bonds. The highest BCUT2D eigenvalue weighted by atomic mass is 35.5. The molecule has 0 saturated heterocycles. The van der Waals surface area contributed by atoms with Crippen LogP contribution < -0.4 is 5.56 Å². The van der Waals surface area contributed by atoms with E-state index in [0.717, 1.165) is 0 Å². The molecule has 0 bridgehead atoms. The quantitative estimate of drug-likeness (QED) is 0.792. The third-order valence-electron chi connectivity index (χ3n) is 1.79. The van der Waals surface area contributed by atoms with Gasteiger partial charge in [0.15, 0.2) is 0 Å². The fourth-order valence-corrected chi connectivity index (χ4v) is 1.31. The molecular formula is C8H11ClN2O2. The summed E-state index contributed by atoms with van der Waals surface area (Å²) in [6.07, 6.45) is 0.893. The summed E-state index contributed by atoms with van der Waals surface area (Å²) in [4.78, 5) is 21.8. The summed E-state index contributed by atoms with van der Waals surface area (Å²) in [7, 11) is 1.59. The smallest absolute Gasteiger partial charge is 0.285 e. The van der Waals surface area contributed by atoms with Crippen molar-refractivity contribution in [1.29, 1.82) is 0 Å². The van der Waals surface area contributed by atoms with Gasteiger partial charge in [0.1, 0.15) is 10.8 Å². The average Bonchev–Trinajstić information content (AvgIpc) is 2.29. The zero-order chi connectivity index (χ0) is 10.0. The Labute approximate surface area is 80.5 Å². The van der Waals surface area contributed by atoms with Gasteiger partial charge in [0.05, 0.1) is 5.69 Å². The van der Waals surface area contributed by atoms with Crippen molar-refractivity contribution in [2.24, 2.45) is 7.05 Å². The van der Waals surface area contributed by atoms with Gasteiger partial charge in [-0.3, -0.25) is 14.6 Å². The number of rotatable bonds is 3. The Bertz CT molecular complexity index is 378. The van der Waals surface area contributed by atoms with Crippen molar-refractivity contribution < 1.29 is 4.79 Å². The number of Topliss-reactive ketones (excluding diaryl/α,β-unsaturated/α-hetero) is 1. The number of carbonyl (C=O) groups excluding carboxylic acids is 1. The molecule has 0 radical (unpaired) electrons. The maximum absolute atomic E-state index is 11.1. The number of aromatic nitrogens is 2. The lowest BCUT2D eigenvalue weighted by Crippen LogP contribution is -2.11. The van der Waals surface area contributed by atoms with E-state index in [-0.39, 0.29) is 16.4 Å². The molecule has 0 atom stereocenters. The van der Waals surface area contributed by atoms with Crippen LogP contribution in [0.2, 0.25) is 5.02 Å². The minimum absolute atomic E-state index is 0.0840. The minimum Gasteiger partial charge on any atom is -0.300 e. The van der Waals surface area contributed by atoms with Gasteiger partial charge in [-0.15, -0.1) is 0 Å². The first kappa shape index (κ1) is 10.1. The molecule has 1 aromatic rings. The van der Waals surface area contributed by atoms with Gasteiger partial charge in [-0.25, -0.2) is 0 Å². The number of nitrogens with one attached hydrogen (secondary N) is 1. The van der Waals surface area contributed by atoms with E-state index in [1.54, 1.807) is 7.05 Å². The summed E-state index contributed by atoms with van der Waals surface area (Å²) in [5.41, 5.74) is 0.379. The Balaban J connectivity index is 2.84. The van der Waals surface area contributed by atoms with Crippen LogP contribution >= 0.6 is 11.6 Å². The number of H-pyrrole nitrogens is 1. The summed E-state index contributed by atoms with van der Waals surface area (Å²) < 4.78 is 1.30. The number of aryl methyl sites for hydroxylation is 2. The molecule has 0 fully saturated rings. The third-order valence-corrected chi connectivity index (χ3v) is 2.18. The van der Waals surface area contributed by atoms with Crippen molar-refractivity contribution in [3.05, 3.63) is 21.1 Å². The molecule has 72 valence electrons. The Kier molecular flexibility index (Phi) is 2.93. The summed E-state index contributed by atoms with van der Waals surface area (Å²) in [5, 5.41) is 2.97. The van der Waals surface area contributed by atoms with E-state index in [4.69, 9.17) is 11.6 Å². The predicted molar refractivity (Wildman–Crippen MR) is 50.0 cm³/mol. The molecule has 0 aliphatic carbocycles. The fourth-order valence-electron chi connectivity index (χ4n) is 1.05. The lowest BCUT2D eigenvalue weighted by molar-refractivity contribution is -0.116. The molecule has 1 N–H and O–H groups in total. The van der Waals surface area contributed by atoms with Crippen LogP contribution in [0.1, 0.15) is 19.0 Å². The first-order chi connectivity index (χ1) is 6.02. The summed E-state index contributed by atoms with van der Waals surface area (Å²) in [6.45, 7) is 1.51. The van der Waals surface area contributed by atoms with Crippen molar-refractivity contribution in [1.82, 2.24) is 9.78 Å². The van der Waals surface area contributed by atoms with E-state index < -0.39 is 0 Å². The van der Waals surface area contributed by atoms with Crippen LogP contribution in [0.4, 0.5) is 0 Å². The summed E-state index contributed by atoms with van der Waals surface area (Å²) in [6, 6.07) is 0. The second-order valence-corrected chi connectivity index (χ2v) is 3.35. The molecule has 0 aliphatic rings. The summed E-state index contributed by atoms with van der Waals surface area (Å²) >= 11 is 5.72. The predicted octanol–water partition coefficient (Wildman–Crippen LogP) is 0.888. The molecule has 1 aromatic heterocycles. The number of carbonyl (C=O) groups is 1. The van der Waals surface area contributed by atoms with Gasteiger partial charge in [-0.2, -0.15) is 0 Å². The molecule has 0 saturated carbocycles. The largest absolute Gasteiger partial charge is 0.300 e. The normalized spacial score (nSPS) is 10.4. The van der Waals surface area contributed by atoms with Crippen molar-refractivity contribution >= 4 is 17.4 Å². The Morgan fingerprint density at radius 1 is 1.62 bits per heavy atom. The summed E-state index contributed by atoms with van der Waals surface area (Å²) in [5.74, 6) is 0.0840. The topological polar surface area (TPSA) is 54.9 Å². The maximum Gasteiger partial charge on any atom is 0.285 e. The van der Waals surface area contributed by atoms with Gasteiger partial charge in [0.2, 0.25) is 0 Å². The SMILES string of the molecule is CC(=O)CCc1[nH]n(C)c(=O)c1Cl. The third kappa shape index (κ3) is 2.21. The first-order valence-electron chi connectivity index (χ1n) is 3.95. The Morgan fingerprint density at radius 2 is 2.23 bits per heavy atom. The van der Waals surface area contributed by atoms with Gasteiger partial charge in [-0.1, -0.05) is 11.6 Å². The molecule has 0 aliphatic heterocycles. The van der Waals surface area contributed by atoms with Gasteiger partial charge in [0, 0.05) is 13.5 Å². The van der Waals surface area contributed by atoms with Gasteiger partial charge in [0.25, 0.3) is 5.56 Å². The second-order valence-electron chi connectivity index (χ2n) is 2.97. The molecule has 4 nitrogen and oxygen atoms in total. The molecule has 0 spiro atoms. The zero-order valence-electron chi connectivity index (χ0n) is 7.56. The average molecular weight is 203 g/mol. The van der Waals surface area contributed by atoms with Crippen LogP contribution in [0.25, 0.3) is 0 Å². The highest BCUT2D eigenvalue weighted by Gasteiger charge is 2.09. The zero-order valence-corrected chi connectivity index (χ0v) is 8.31. The maximum atomic E-state index is 11.1. The van der Waals surface area contributed by atoms with Crippen LogP contribution in [0.15, 0.2) is 4.79 Å².